The minimum atomic E-state index is -4.78. The summed E-state index contributed by atoms with van der Waals surface area (Å²) in [5.74, 6) is -1.93. The SMILES string of the molecule is CSc1ccc(C(=O)Nc2ccc(NC(=O)c3ccc(F)cc3)cc2C(F)(F)F)cc1. The van der Waals surface area contributed by atoms with E-state index in [2.05, 4.69) is 10.6 Å². The van der Waals surface area contributed by atoms with Gasteiger partial charge in [-0.05, 0) is 73.0 Å². The quantitative estimate of drug-likeness (QED) is 0.368. The maximum absolute atomic E-state index is 13.6. The number of carbonyl (C=O) groups excluding carboxylic acids is 2. The van der Waals surface area contributed by atoms with Gasteiger partial charge in [0.15, 0.2) is 0 Å². The van der Waals surface area contributed by atoms with Crippen molar-refractivity contribution in [3.8, 4) is 0 Å². The Labute approximate surface area is 179 Å². The summed E-state index contributed by atoms with van der Waals surface area (Å²) in [5.41, 5.74) is -1.38. The fourth-order valence-corrected chi connectivity index (χ4v) is 3.12. The number of benzene rings is 3. The van der Waals surface area contributed by atoms with Crippen LogP contribution in [0.2, 0.25) is 0 Å². The Morgan fingerprint density at radius 1 is 0.806 bits per heavy atom. The Bertz CT molecular complexity index is 1100. The van der Waals surface area contributed by atoms with Crippen LogP contribution >= 0.6 is 11.8 Å². The molecule has 31 heavy (non-hydrogen) atoms. The van der Waals surface area contributed by atoms with Gasteiger partial charge in [0.2, 0.25) is 0 Å². The van der Waals surface area contributed by atoms with Gasteiger partial charge < -0.3 is 10.6 Å². The second kappa shape index (κ2) is 9.22. The number of thioether (sulfide) groups is 1. The van der Waals surface area contributed by atoms with E-state index in [-0.39, 0.29) is 16.8 Å². The van der Waals surface area contributed by atoms with Crippen molar-refractivity contribution in [2.75, 3.05) is 16.9 Å². The summed E-state index contributed by atoms with van der Waals surface area (Å²) in [6.45, 7) is 0. The van der Waals surface area contributed by atoms with E-state index in [1.54, 1.807) is 12.1 Å². The Hall–Kier alpha value is -3.33. The second-order valence-electron chi connectivity index (χ2n) is 6.40. The molecule has 0 aliphatic rings. The molecular formula is C22H16F4N2O2S. The zero-order chi connectivity index (χ0) is 22.6. The molecule has 0 saturated heterocycles. The van der Waals surface area contributed by atoms with Crippen LogP contribution in [0.1, 0.15) is 26.3 Å². The summed E-state index contributed by atoms with van der Waals surface area (Å²) < 4.78 is 53.7. The summed E-state index contributed by atoms with van der Waals surface area (Å²) in [7, 11) is 0. The molecular weight excluding hydrogens is 432 g/mol. The molecule has 0 heterocycles. The number of hydrogen-bond donors (Lipinski definition) is 2. The summed E-state index contributed by atoms with van der Waals surface area (Å²) >= 11 is 1.47. The van der Waals surface area contributed by atoms with E-state index in [0.29, 0.717) is 0 Å². The van der Waals surface area contributed by atoms with E-state index in [1.807, 2.05) is 6.26 Å². The van der Waals surface area contributed by atoms with Gasteiger partial charge in [-0.25, -0.2) is 4.39 Å². The Morgan fingerprint density at radius 3 is 1.90 bits per heavy atom. The largest absolute Gasteiger partial charge is 0.418 e. The zero-order valence-electron chi connectivity index (χ0n) is 16.1. The Balaban J connectivity index is 1.83. The molecule has 0 fully saturated rings. The number of amides is 2. The number of rotatable bonds is 5. The van der Waals surface area contributed by atoms with Crippen LogP contribution in [-0.4, -0.2) is 18.1 Å². The van der Waals surface area contributed by atoms with Crippen LogP contribution in [0.3, 0.4) is 0 Å². The minimum Gasteiger partial charge on any atom is -0.322 e. The first-order chi connectivity index (χ1) is 14.7. The molecule has 0 aliphatic carbocycles. The van der Waals surface area contributed by atoms with E-state index in [4.69, 9.17) is 0 Å². The van der Waals surface area contributed by atoms with Crippen LogP contribution in [0.5, 0.6) is 0 Å². The molecule has 2 N–H and O–H groups in total. The molecule has 3 aromatic carbocycles. The third-order valence-electron chi connectivity index (χ3n) is 4.29. The molecule has 0 atom stereocenters. The number of hydrogen-bond acceptors (Lipinski definition) is 3. The van der Waals surface area contributed by atoms with Crippen LogP contribution in [0.15, 0.2) is 71.6 Å². The fourth-order valence-electron chi connectivity index (χ4n) is 2.71. The molecule has 160 valence electrons. The lowest BCUT2D eigenvalue weighted by Crippen LogP contribution is -2.18. The highest BCUT2D eigenvalue weighted by Gasteiger charge is 2.34. The highest BCUT2D eigenvalue weighted by molar-refractivity contribution is 7.98. The number of alkyl halides is 3. The smallest absolute Gasteiger partial charge is 0.322 e. The highest BCUT2D eigenvalue weighted by Crippen LogP contribution is 2.37. The molecule has 4 nitrogen and oxygen atoms in total. The normalized spacial score (nSPS) is 11.1. The van der Waals surface area contributed by atoms with Crippen molar-refractivity contribution in [3.05, 3.63) is 89.2 Å². The summed E-state index contributed by atoms with van der Waals surface area (Å²) in [5, 5.41) is 4.61. The summed E-state index contributed by atoms with van der Waals surface area (Å²) in [4.78, 5) is 25.5. The summed E-state index contributed by atoms with van der Waals surface area (Å²) in [6, 6.07) is 14.0. The topological polar surface area (TPSA) is 58.2 Å². The number of nitrogens with one attached hydrogen (secondary N) is 2. The molecule has 0 radical (unpaired) electrons. The van der Waals surface area contributed by atoms with Gasteiger partial charge in [0, 0.05) is 21.7 Å². The van der Waals surface area contributed by atoms with Crippen molar-refractivity contribution in [1.29, 1.82) is 0 Å². The number of carbonyl (C=O) groups is 2. The third kappa shape index (κ3) is 5.64. The second-order valence-corrected chi connectivity index (χ2v) is 7.28. The molecule has 0 spiro atoms. The molecule has 0 saturated carbocycles. The molecule has 0 aromatic heterocycles. The third-order valence-corrected chi connectivity index (χ3v) is 5.03. The Morgan fingerprint density at radius 2 is 1.35 bits per heavy atom. The van der Waals surface area contributed by atoms with E-state index < -0.39 is 35.1 Å². The van der Waals surface area contributed by atoms with Crippen LogP contribution in [-0.2, 0) is 6.18 Å². The van der Waals surface area contributed by atoms with Gasteiger partial charge in [-0.1, -0.05) is 0 Å². The molecule has 0 aliphatic heterocycles. The van der Waals surface area contributed by atoms with Gasteiger partial charge in [-0.2, -0.15) is 13.2 Å². The highest BCUT2D eigenvalue weighted by atomic mass is 32.2. The standard InChI is InChI=1S/C22H16F4N2O2S/c1-31-17-9-4-14(5-10-17)21(30)28-19-11-8-16(12-18(19)22(24,25)26)27-20(29)13-2-6-15(23)7-3-13/h2-12H,1H3,(H,27,29)(H,28,30). The molecule has 9 heteroatoms. The fraction of sp³-hybridized carbons (Fsp3) is 0.0909. The molecule has 0 unspecified atom stereocenters. The van der Waals surface area contributed by atoms with Crippen molar-refractivity contribution in [2.24, 2.45) is 0 Å². The lowest BCUT2D eigenvalue weighted by Gasteiger charge is -2.16. The van der Waals surface area contributed by atoms with Gasteiger partial charge in [0.05, 0.1) is 11.3 Å². The molecule has 2 amide bonds. The van der Waals surface area contributed by atoms with E-state index in [0.717, 1.165) is 29.2 Å². The van der Waals surface area contributed by atoms with Crippen LogP contribution < -0.4 is 10.6 Å². The average molecular weight is 448 g/mol. The van der Waals surface area contributed by atoms with Crippen molar-refractivity contribution < 1.29 is 27.2 Å². The van der Waals surface area contributed by atoms with Gasteiger partial charge in [-0.15, -0.1) is 11.8 Å². The van der Waals surface area contributed by atoms with Crippen molar-refractivity contribution >= 4 is 35.0 Å². The van der Waals surface area contributed by atoms with Crippen molar-refractivity contribution in [3.63, 3.8) is 0 Å². The molecule has 3 rings (SSSR count). The van der Waals surface area contributed by atoms with Gasteiger partial charge in [0.1, 0.15) is 5.82 Å². The average Bonchev–Trinajstić information content (AvgIpc) is 2.74. The van der Waals surface area contributed by atoms with Gasteiger partial charge >= 0.3 is 6.18 Å². The minimum absolute atomic E-state index is 0.0843. The van der Waals surface area contributed by atoms with E-state index >= 15 is 0 Å². The lowest BCUT2D eigenvalue weighted by atomic mass is 10.1. The predicted octanol–water partition coefficient (Wildman–Crippen LogP) is 6.07. The Kier molecular flexibility index (Phi) is 6.65. The first-order valence-corrected chi connectivity index (χ1v) is 10.1. The summed E-state index contributed by atoms with van der Waals surface area (Å²) in [6.07, 6.45) is -2.91. The number of anilines is 2. The van der Waals surface area contributed by atoms with Gasteiger partial charge in [-0.3, -0.25) is 9.59 Å². The maximum atomic E-state index is 13.6. The first kappa shape index (κ1) is 22.4. The van der Waals surface area contributed by atoms with Gasteiger partial charge in [0.25, 0.3) is 11.8 Å². The lowest BCUT2D eigenvalue weighted by molar-refractivity contribution is -0.136. The molecule has 0 bridgehead atoms. The maximum Gasteiger partial charge on any atom is 0.418 e. The van der Waals surface area contributed by atoms with E-state index in [1.165, 1.54) is 42.1 Å². The number of halogens is 4. The predicted molar refractivity (Wildman–Crippen MR) is 112 cm³/mol. The molecule has 3 aromatic rings. The van der Waals surface area contributed by atoms with Crippen LogP contribution in [0, 0.1) is 5.82 Å². The zero-order valence-corrected chi connectivity index (χ0v) is 16.9. The monoisotopic (exact) mass is 448 g/mol. The van der Waals surface area contributed by atoms with Crippen LogP contribution in [0.4, 0.5) is 28.9 Å². The van der Waals surface area contributed by atoms with Crippen molar-refractivity contribution in [2.45, 2.75) is 11.1 Å². The van der Waals surface area contributed by atoms with E-state index in [9.17, 15) is 27.2 Å². The van der Waals surface area contributed by atoms with Crippen LogP contribution in [0.25, 0.3) is 0 Å². The van der Waals surface area contributed by atoms with Crippen molar-refractivity contribution in [1.82, 2.24) is 0 Å². The first-order valence-electron chi connectivity index (χ1n) is 8.91.